The molecule has 1 fully saturated rings. The van der Waals surface area contributed by atoms with Crippen molar-refractivity contribution < 1.29 is 18.7 Å². The lowest BCUT2D eigenvalue weighted by Crippen LogP contribution is -2.43. The Hall–Kier alpha value is -3.03. The zero-order valence-electron chi connectivity index (χ0n) is 13.8. The van der Waals surface area contributed by atoms with Crippen LogP contribution in [0.2, 0.25) is 0 Å². The molecule has 3 rings (SSSR count). The number of anilines is 1. The van der Waals surface area contributed by atoms with Gasteiger partial charge in [0.15, 0.2) is 0 Å². The van der Waals surface area contributed by atoms with Crippen LogP contribution in [0.3, 0.4) is 0 Å². The van der Waals surface area contributed by atoms with Gasteiger partial charge in [0, 0.05) is 42.8 Å². The number of benzene rings is 1. The van der Waals surface area contributed by atoms with Gasteiger partial charge in [0.1, 0.15) is 5.58 Å². The summed E-state index contributed by atoms with van der Waals surface area (Å²) in [4.78, 5) is 36.4. The molecule has 2 N–H and O–H groups in total. The maximum Gasteiger partial charge on any atom is 0.409 e. The van der Waals surface area contributed by atoms with Crippen LogP contribution >= 0.6 is 0 Å². The van der Waals surface area contributed by atoms with Crippen molar-refractivity contribution in [2.75, 3.05) is 31.6 Å². The number of aryl methyl sites for hydroxylation is 1. The molecule has 1 aliphatic rings. The molecule has 8 heteroatoms. The Labute approximate surface area is 143 Å². The SMILES string of the molecule is Cc1cc(=O)oc2cc(NC(=O)NCCN3CCCOC3=O)ccc12. The van der Waals surface area contributed by atoms with E-state index >= 15 is 0 Å². The number of fused-ring (bicyclic) bond motifs is 1. The van der Waals surface area contributed by atoms with Gasteiger partial charge in [0.25, 0.3) is 0 Å². The molecule has 25 heavy (non-hydrogen) atoms. The summed E-state index contributed by atoms with van der Waals surface area (Å²) in [5.74, 6) is 0. The van der Waals surface area contributed by atoms with Crippen molar-refractivity contribution in [1.29, 1.82) is 0 Å². The Bertz CT molecular complexity index is 861. The number of carbonyl (C=O) groups excluding carboxylic acids is 2. The zero-order valence-corrected chi connectivity index (χ0v) is 13.8. The molecule has 132 valence electrons. The highest BCUT2D eigenvalue weighted by molar-refractivity contribution is 5.92. The van der Waals surface area contributed by atoms with Crippen molar-refractivity contribution in [2.24, 2.45) is 0 Å². The van der Waals surface area contributed by atoms with E-state index in [9.17, 15) is 14.4 Å². The van der Waals surface area contributed by atoms with Gasteiger partial charge in [-0.15, -0.1) is 0 Å². The predicted molar refractivity (Wildman–Crippen MR) is 91.8 cm³/mol. The van der Waals surface area contributed by atoms with Crippen molar-refractivity contribution >= 4 is 28.8 Å². The molecule has 2 heterocycles. The van der Waals surface area contributed by atoms with E-state index < -0.39 is 11.7 Å². The van der Waals surface area contributed by atoms with E-state index in [0.717, 1.165) is 17.4 Å². The monoisotopic (exact) mass is 345 g/mol. The van der Waals surface area contributed by atoms with Crippen LogP contribution in [-0.2, 0) is 4.74 Å². The van der Waals surface area contributed by atoms with E-state index in [4.69, 9.17) is 9.15 Å². The molecular weight excluding hydrogens is 326 g/mol. The number of rotatable bonds is 4. The van der Waals surface area contributed by atoms with Gasteiger partial charge in [-0.3, -0.25) is 0 Å². The van der Waals surface area contributed by atoms with Crippen LogP contribution in [0.4, 0.5) is 15.3 Å². The third-order valence-electron chi connectivity index (χ3n) is 3.93. The summed E-state index contributed by atoms with van der Waals surface area (Å²) >= 11 is 0. The lowest BCUT2D eigenvalue weighted by atomic mass is 10.1. The fourth-order valence-corrected chi connectivity index (χ4v) is 2.68. The standard InChI is InChI=1S/C17H19N3O5/c1-11-9-15(21)25-14-10-12(3-4-13(11)14)19-16(22)18-5-7-20-6-2-8-24-17(20)23/h3-4,9-10H,2,5-8H2,1H3,(H2,18,19,22). The molecule has 1 aromatic carbocycles. The number of urea groups is 1. The van der Waals surface area contributed by atoms with Crippen molar-refractivity contribution in [3.8, 4) is 0 Å². The van der Waals surface area contributed by atoms with Gasteiger partial charge < -0.3 is 24.7 Å². The molecular formula is C17H19N3O5. The second-order valence-electron chi connectivity index (χ2n) is 5.80. The van der Waals surface area contributed by atoms with E-state index in [-0.39, 0.29) is 6.09 Å². The number of nitrogens with one attached hydrogen (secondary N) is 2. The molecule has 1 saturated heterocycles. The molecule has 0 aliphatic carbocycles. The smallest absolute Gasteiger partial charge is 0.409 e. The Morgan fingerprint density at radius 3 is 2.92 bits per heavy atom. The first-order chi connectivity index (χ1) is 12.0. The highest BCUT2D eigenvalue weighted by Gasteiger charge is 2.18. The molecule has 0 saturated carbocycles. The van der Waals surface area contributed by atoms with Crippen LogP contribution in [0.5, 0.6) is 0 Å². The third-order valence-corrected chi connectivity index (χ3v) is 3.93. The lowest BCUT2D eigenvalue weighted by Gasteiger charge is -2.26. The highest BCUT2D eigenvalue weighted by atomic mass is 16.6. The number of amides is 3. The minimum absolute atomic E-state index is 0.308. The predicted octanol–water partition coefficient (Wildman–Crippen LogP) is 2.07. The third kappa shape index (κ3) is 4.09. The van der Waals surface area contributed by atoms with E-state index in [1.54, 1.807) is 23.1 Å². The van der Waals surface area contributed by atoms with Crippen LogP contribution < -0.4 is 16.3 Å². The molecule has 3 amide bonds. The lowest BCUT2D eigenvalue weighted by molar-refractivity contribution is 0.0736. The van der Waals surface area contributed by atoms with Gasteiger partial charge in [-0.05, 0) is 31.0 Å². The second-order valence-corrected chi connectivity index (χ2v) is 5.80. The summed E-state index contributed by atoms with van der Waals surface area (Å²) in [5, 5.41) is 6.17. The highest BCUT2D eigenvalue weighted by Crippen LogP contribution is 2.20. The molecule has 2 aromatic rings. The van der Waals surface area contributed by atoms with Crippen LogP contribution in [0.1, 0.15) is 12.0 Å². The molecule has 1 aliphatic heterocycles. The van der Waals surface area contributed by atoms with E-state index in [1.165, 1.54) is 6.07 Å². The molecule has 0 unspecified atom stereocenters. The van der Waals surface area contributed by atoms with Gasteiger partial charge in [0.2, 0.25) is 0 Å². The largest absolute Gasteiger partial charge is 0.449 e. The number of hydrogen-bond donors (Lipinski definition) is 2. The van der Waals surface area contributed by atoms with Gasteiger partial charge in [-0.1, -0.05) is 0 Å². The quantitative estimate of drug-likeness (QED) is 0.826. The summed E-state index contributed by atoms with van der Waals surface area (Å²) < 4.78 is 10.1. The number of carbonyl (C=O) groups is 2. The van der Waals surface area contributed by atoms with Gasteiger partial charge in [-0.25, -0.2) is 14.4 Å². The van der Waals surface area contributed by atoms with Gasteiger partial charge >= 0.3 is 17.7 Å². The zero-order chi connectivity index (χ0) is 17.8. The summed E-state index contributed by atoms with van der Waals surface area (Å²) in [6, 6.07) is 6.14. The van der Waals surface area contributed by atoms with E-state index in [2.05, 4.69) is 10.6 Å². The normalized spacial score (nSPS) is 14.3. The van der Waals surface area contributed by atoms with Crippen molar-refractivity contribution in [3.63, 3.8) is 0 Å². The maximum atomic E-state index is 12.0. The van der Waals surface area contributed by atoms with Crippen LogP contribution in [0.15, 0.2) is 33.5 Å². The number of hydrogen-bond acceptors (Lipinski definition) is 5. The average molecular weight is 345 g/mol. The number of nitrogens with zero attached hydrogens (tertiary/aromatic N) is 1. The Morgan fingerprint density at radius 2 is 2.12 bits per heavy atom. The van der Waals surface area contributed by atoms with Crippen LogP contribution in [0.25, 0.3) is 11.0 Å². The first kappa shape index (κ1) is 16.8. The Balaban J connectivity index is 1.56. The van der Waals surface area contributed by atoms with Crippen molar-refractivity contribution in [2.45, 2.75) is 13.3 Å². The molecule has 8 nitrogen and oxygen atoms in total. The number of ether oxygens (including phenoxy) is 1. The summed E-state index contributed by atoms with van der Waals surface area (Å²) in [6.45, 7) is 3.59. The Morgan fingerprint density at radius 1 is 1.28 bits per heavy atom. The van der Waals surface area contributed by atoms with Gasteiger partial charge in [-0.2, -0.15) is 0 Å². The van der Waals surface area contributed by atoms with E-state index in [1.807, 2.05) is 6.92 Å². The fourth-order valence-electron chi connectivity index (χ4n) is 2.68. The summed E-state index contributed by atoms with van der Waals surface area (Å²) in [7, 11) is 0. The molecule has 0 spiro atoms. The first-order valence-electron chi connectivity index (χ1n) is 8.04. The first-order valence-corrected chi connectivity index (χ1v) is 8.04. The fraction of sp³-hybridized carbons (Fsp3) is 0.353. The number of cyclic esters (lactones) is 1. The summed E-state index contributed by atoms with van der Waals surface area (Å²) in [5.41, 5.74) is 1.31. The molecule has 0 radical (unpaired) electrons. The van der Waals surface area contributed by atoms with Gasteiger partial charge in [0.05, 0.1) is 6.61 Å². The maximum absolute atomic E-state index is 12.0. The van der Waals surface area contributed by atoms with Crippen molar-refractivity contribution in [1.82, 2.24) is 10.2 Å². The van der Waals surface area contributed by atoms with Crippen molar-refractivity contribution in [3.05, 3.63) is 40.2 Å². The second kappa shape index (κ2) is 7.25. The topological polar surface area (TPSA) is 101 Å². The summed E-state index contributed by atoms with van der Waals surface area (Å²) in [6.07, 6.45) is 0.438. The minimum atomic E-state index is -0.431. The molecule has 0 bridgehead atoms. The minimum Gasteiger partial charge on any atom is -0.449 e. The molecule has 1 aromatic heterocycles. The Kier molecular flexibility index (Phi) is 4.87. The van der Waals surface area contributed by atoms with Crippen LogP contribution in [0, 0.1) is 6.92 Å². The molecule has 0 atom stereocenters. The van der Waals surface area contributed by atoms with E-state index in [0.29, 0.717) is 37.5 Å². The van der Waals surface area contributed by atoms with Crippen LogP contribution in [-0.4, -0.2) is 43.3 Å². The average Bonchev–Trinajstić information content (AvgIpc) is 2.56.